The molecule has 3 aliphatic rings. The molecular weight excluding hydrogens is 350 g/mol. The van der Waals surface area contributed by atoms with E-state index in [0.29, 0.717) is 27.8 Å². The number of aromatic nitrogens is 1. The van der Waals surface area contributed by atoms with Crippen LogP contribution in [0, 0.1) is 5.92 Å². The Hall–Kier alpha value is -2.12. The molecule has 1 aromatic heterocycles. The molecule has 2 atom stereocenters. The molecule has 26 heavy (non-hydrogen) atoms. The average molecular weight is 373 g/mol. The SMILES string of the molecule is COc1cccc(Oc2cnc(C(=O)N[C@@H]3C4CCN(CC4)[C@H]3C)s2)c1. The van der Waals surface area contributed by atoms with Crippen molar-refractivity contribution in [3.05, 3.63) is 35.5 Å². The zero-order valence-corrected chi connectivity index (χ0v) is 15.8. The molecular formula is C19H23N3O3S. The fraction of sp³-hybridized carbons (Fsp3) is 0.474. The van der Waals surface area contributed by atoms with Gasteiger partial charge < -0.3 is 14.8 Å². The standard InChI is InChI=1S/C19H23N3O3S/c1-12-17(13-6-8-22(12)9-7-13)21-18(23)19-20-11-16(26-19)25-15-5-3-4-14(10-15)24-2/h3-5,10-13,17H,6-9H2,1-2H3,(H,21,23)/t12-,17-/m0/s1. The highest BCUT2D eigenvalue weighted by atomic mass is 32.1. The van der Waals surface area contributed by atoms with Crippen LogP contribution in [0.2, 0.25) is 0 Å². The van der Waals surface area contributed by atoms with E-state index < -0.39 is 0 Å². The lowest BCUT2D eigenvalue weighted by Gasteiger charge is -2.49. The summed E-state index contributed by atoms with van der Waals surface area (Å²) in [4.78, 5) is 19.4. The second-order valence-corrected chi connectivity index (χ2v) is 7.87. The average Bonchev–Trinajstić information content (AvgIpc) is 3.13. The number of carbonyl (C=O) groups is 1. The van der Waals surface area contributed by atoms with E-state index in [-0.39, 0.29) is 11.9 Å². The number of thiazole rings is 1. The predicted octanol–water partition coefficient (Wildman–Crippen LogP) is 3.16. The van der Waals surface area contributed by atoms with E-state index in [1.807, 2.05) is 18.2 Å². The molecule has 1 N–H and O–H groups in total. The molecule has 5 rings (SSSR count). The van der Waals surface area contributed by atoms with Crippen molar-refractivity contribution in [1.82, 2.24) is 15.2 Å². The summed E-state index contributed by atoms with van der Waals surface area (Å²) in [6, 6.07) is 7.95. The van der Waals surface area contributed by atoms with E-state index in [1.165, 1.54) is 11.3 Å². The summed E-state index contributed by atoms with van der Waals surface area (Å²) >= 11 is 1.26. The molecule has 2 aromatic rings. The van der Waals surface area contributed by atoms with Crippen LogP contribution in [0.3, 0.4) is 0 Å². The van der Waals surface area contributed by atoms with Crippen LogP contribution in [0.25, 0.3) is 0 Å². The fourth-order valence-corrected chi connectivity index (χ4v) is 4.64. The molecule has 3 fully saturated rings. The quantitative estimate of drug-likeness (QED) is 0.872. The molecule has 0 unspecified atom stereocenters. The Kier molecular flexibility index (Phi) is 4.82. The van der Waals surface area contributed by atoms with E-state index in [4.69, 9.17) is 9.47 Å². The van der Waals surface area contributed by atoms with Crippen molar-refractivity contribution in [1.29, 1.82) is 0 Å². The zero-order valence-electron chi connectivity index (χ0n) is 15.0. The maximum atomic E-state index is 12.6. The van der Waals surface area contributed by atoms with Gasteiger partial charge in [-0.1, -0.05) is 17.4 Å². The number of fused-ring (bicyclic) bond motifs is 3. The maximum Gasteiger partial charge on any atom is 0.280 e. The minimum absolute atomic E-state index is 0.110. The van der Waals surface area contributed by atoms with Crippen molar-refractivity contribution in [2.24, 2.45) is 5.92 Å². The molecule has 0 spiro atoms. The van der Waals surface area contributed by atoms with E-state index in [9.17, 15) is 4.79 Å². The topological polar surface area (TPSA) is 63.7 Å². The number of ether oxygens (including phenoxy) is 2. The van der Waals surface area contributed by atoms with Gasteiger partial charge in [-0.2, -0.15) is 0 Å². The largest absolute Gasteiger partial charge is 0.497 e. The van der Waals surface area contributed by atoms with Gasteiger partial charge in [0, 0.05) is 18.2 Å². The smallest absolute Gasteiger partial charge is 0.280 e. The number of hydrogen-bond acceptors (Lipinski definition) is 6. The van der Waals surface area contributed by atoms with Crippen LogP contribution in [-0.4, -0.2) is 48.1 Å². The lowest BCUT2D eigenvalue weighted by molar-refractivity contribution is 0.0217. The van der Waals surface area contributed by atoms with Crippen LogP contribution in [0.4, 0.5) is 0 Å². The summed E-state index contributed by atoms with van der Waals surface area (Å²) < 4.78 is 11.0. The molecule has 3 saturated heterocycles. The van der Waals surface area contributed by atoms with Gasteiger partial charge in [0.2, 0.25) is 5.06 Å². The fourth-order valence-electron chi connectivity index (χ4n) is 3.95. The third-order valence-electron chi connectivity index (χ3n) is 5.41. The number of piperidine rings is 3. The highest BCUT2D eigenvalue weighted by Crippen LogP contribution is 2.33. The maximum absolute atomic E-state index is 12.6. The van der Waals surface area contributed by atoms with E-state index >= 15 is 0 Å². The first-order valence-electron chi connectivity index (χ1n) is 8.96. The normalized spacial score (nSPS) is 27.2. The van der Waals surface area contributed by atoms with E-state index in [0.717, 1.165) is 31.7 Å². The van der Waals surface area contributed by atoms with Crippen molar-refractivity contribution in [2.75, 3.05) is 20.2 Å². The molecule has 2 bridgehead atoms. The van der Waals surface area contributed by atoms with Crippen LogP contribution in [0.5, 0.6) is 16.6 Å². The molecule has 1 aromatic carbocycles. The number of methoxy groups -OCH3 is 1. The Morgan fingerprint density at radius 3 is 2.81 bits per heavy atom. The summed E-state index contributed by atoms with van der Waals surface area (Å²) in [6.45, 7) is 4.50. The predicted molar refractivity (Wildman–Crippen MR) is 100 cm³/mol. The van der Waals surface area contributed by atoms with Crippen LogP contribution >= 0.6 is 11.3 Å². The second kappa shape index (κ2) is 7.25. The monoisotopic (exact) mass is 373 g/mol. The Balaban J connectivity index is 1.41. The van der Waals surface area contributed by atoms with Gasteiger partial charge in [0.15, 0.2) is 5.01 Å². The molecule has 138 valence electrons. The van der Waals surface area contributed by atoms with Gasteiger partial charge in [-0.3, -0.25) is 9.69 Å². The second-order valence-electron chi connectivity index (χ2n) is 6.88. The number of carbonyl (C=O) groups excluding carboxylic acids is 1. The molecule has 0 saturated carbocycles. The Morgan fingerprint density at radius 2 is 2.08 bits per heavy atom. The first kappa shape index (κ1) is 17.3. The molecule has 7 heteroatoms. The van der Waals surface area contributed by atoms with Gasteiger partial charge in [-0.25, -0.2) is 4.98 Å². The number of rotatable bonds is 5. The number of hydrogen-bond donors (Lipinski definition) is 1. The lowest BCUT2D eigenvalue weighted by Crippen LogP contribution is -2.62. The number of nitrogens with one attached hydrogen (secondary N) is 1. The summed E-state index contributed by atoms with van der Waals surface area (Å²) in [5.41, 5.74) is 0. The molecule has 0 aliphatic carbocycles. The Labute approximate surface area is 157 Å². The van der Waals surface area contributed by atoms with Crippen molar-refractivity contribution in [3.63, 3.8) is 0 Å². The molecule has 3 aliphatic heterocycles. The third-order valence-corrected chi connectivity index (χ3v) is 6.29. The summed E-state index contributed by atoms with van der Waals surface area (Å²) in [6.07, 6.45) is 3.92. The highest BCUT2D eigenvalue weighted by Gasteiger charge is 2.40. The van der Waals surface area contributed by atoms with Crippen LogP contribution < -0.4 is 14.8 Å². The minimum atomic E-state index is -0.110. The number of amides is 1. The van der Waals surface area contributed by atoms with Gasteiger partial charge in [-0.05, 0) is 50.9 Å². The highest BCUT2D eigenvalue weighted by molar-refractivity contribution is 7.15. The van der Waals surface area contributed by atoms with E-state index in [1.54, 1.807) is 19.4 Å². The summed E-state index contributed by atoms with van der Waals surface area (Å²) in [5.74, 6) is 1.85. The summed E-state index contributed by atoms with van der Waals surface area (Å²) in [5, 5.41) is 4.23. The first-order valence-corrected chi connectivity index (χ1v) is 9.78. The van der Waals surface area contributed by atoms with Crippen molar-refractivity contribution < 1.29 is 14.3 Å². The number of nitrogens with zero attached hydrogens (tertiary/aromatic N) is 2. The lowest BCUT2D eigenvalue weighted by atomic mass is 9.79. The van der Waals surface area contributed by atoms with Gasteiger partial charge in [0.25, 0.3) is 5.91 Å². The van der Waals surface area contributed by atoms with Crippen molar-refractivity contribution >= 4 is 17.2 Å². The Morgan fingerprint density at radius 1 is 1.31 bits per heavy atom. The van der Waals surface area contributed by atoms with Crippen molar-refractivity contribution in [2.45, 2.75) is 31.8 Å². The van der Waals surface area contributed by atoms with Gasteiger partial charge >= 0.3 is 0 Å². The van der Waals surface area contributed by atoms with Gasteiger partial charge in [0.1, 0.15) is 11.5 Å². The minimum Gasteiger partial charge on any atom is -0.497 e. The van der Waals surface area contributed by atoms with Gasteiger partial charge in [0.05, 0.1) is 13.3 Å². The van der Waals surface area contributed by atoms with Gasteiger partial charge in [-0.15, -0.1) is 0 Å². The third kappa shape index (κ3) is 3.41. The van der Waals surface area contributed by atoms with E-state index in [2.05, 4.69) is 22.1 Å². The zero-order chi connectivity index (χ0) is 18.1. The van der Waals surface area contributed by atoms with Crippen LogP contribution in [0.1, 0.15) is 29.6 Å². The number of benzene rings is 1. The van der Waals surface area contributed by atoms with Crippen molar-refractivity contribution in [3.8, 4) is 16.6 Å². The molecule has 6 nitrogen and oxygen atoms in total. The van der Waals surface area contributed by atoms with Crippen LogP contribution in [0.15, 0.2) is 30.5 Å². The first-order chi connectivity index (χ1) is 12.6. The Bertz CT molecular complexity index is 784. The molecule has 1 amide bonds. The molecule has 0 radical (unpaired) electrons. The summed E-state index contributed by atoms with van der Waals surface area (Å²) in [7, 11) is 1.61. The van der Waals surface area contributed by atoms with Crippen LogP contribution in [-0.2, 0) is 0 Å². The molecule has 4 heterocycles.